The summed E-state index contributed by atoms with van der Waals surface area (Å²) in [4.78, 5) is 2.39. The van der Waals surface area contributed by atoms with E-state index in [1.165, 1.54) is 22.3 Å². The average Bonchev–Trinajstić information content (AvgIpc) is 3.04. The molecule has 1 aliphatic heterocycles. The molecule has 1 saturated heterocycles. The Kier molecular flexibility index (Phi) is 4.21. The second-order valence-electron chi connectivity index (χ2n) is 6.43. The van der Waals surface area contributed by atoms with Crippen molar-refractivity contribution in [1.29, 1.82) is 5.26 Å². The zero-order valence-electron chi connectivity index (χ0n) is 13.8. The number of hydrogen-bond donors (Lipinski definition) is 0. The quantitative estimate of drug-likeness (QED) is 0.826. The molecule has 0 bridgehead atoms. The van der Waals surface area contributed by atoms with Crippen molar-refractivity contribution < 1.29 is 0 Å². The molecule has 1 aliphatic rings. The summed E-state index contributed by atoms with van der Waals surface area (Å²) in [6.45, 7) is 10.6. The van der Waals surface area contributed by atoms with Gasteiger partial charge in [0.25, 0.3) is 0 Å². The summed E-state index contributed by atoms with van der Waals surface area (Å²) < 4.78 is 0. The van der Waals surface area contributed by atoms with Crippen molar-refractivity contribution >= 4 is 5.70 Å². The average molecular weight is 302 g/mol. The molecule has 0 aromatic heterocycles. The van der Waals surface area contributed by atoms with Crippen LogP contribution >= 0.6 is 0 Å². The minimum absolute atomic E-state index is 0.519. The summed E-state index contributed by atoms with van der Waals surface area (Å²) in [7, 11) is 0. The van der Waals surface area contributed by atoms with Crippen molar-refractivity contribution in [2.75, 3.05) is 13.1 Å². The number of rotatable bonds is 3. The van der Waals surface area contributed by atoms with Gasteiger partial charge in [0.15, 0.2) is 0 Å². The van der Waals surface area contributed by atoms with E-state index in [1.807, 2.05) is 12.1 Å². The Labute approximate surface area is 138 Å². The molecule has 0 saturated carbocycles. The van der Waals surface area contributed by atoms with E-state index in [9.17, 15) is 0 Å². The third-order valence-corrected chi connectivity index (χ3v) is 4.77. The van der Waals surface area contributed by atoms with Gasteiger partial charge in [-0.3, -0.25) is 0 Å². The van der Waals surface area contributed by atoms with E-state index in [1.54, 1.807) is 0 Å². The predicted octanol–water partition coefficient (Wildman–Crippen LogP) is 4.64. The van der Waals surface area contributed by atoms with Crippen LogP contribution in [0.1, 0.15) is 40.2 Å². The largest absolute Gasteiger partial charge is 0.371 e. The Morgan fingerprint density at radius 3 is 2.57 bits per heavy atom. The molecule has 0 N–H and O–H groups in total. The number of likely N-dealkylation sites (tertiary alicyclic amines) is 1. The Bertz CT molecular complexity index is 765. The van der Waals surface area contributed by atoms with Crippen LogP contribution in [0.2, 0.25) is 0 Å². The lowest BCUT2D eigenvalue weighted by Crippen LogP contribution is -2.18. The normalized spacial score (nSPS) is 17.1. The topological polar surface area (TPSA) is 27.0 Å². The molecule has 1 atom stereocenters. The molecule has 0 radical (unpaired) electrons. The summed E-state index contributed by atoms with van der Waals surface area (Å²) >= 11 is 0. The van der Waals surface area contributed by atoms with Crippen molar-refractivity contribution in [3.63, 3.8) is 0 Å². The first-order valence-electron chi connectivity index (χ1n) is 8.10. The van der Waals surface area contributed by atoms with Crippen LogP contribution in [0.5, 0.6) is 0 Å². The van der Waals surface area contributed by atoms with Gasteiger partial charge in [-0.25, -0.2) is 0 Å². The van der Waals surface area contributed by atoms with E-state index < -0.39 is 0 Å². The Balaban J connectivity index is 1.74. The number of aryl methyl sites for hydroxylation is 2. The van der Waals surface area contributed by atoms with Gasteiger partial charge in [0, 0.05) is 30.3 Å². The zero-order chi connectivity index (χ0) is 16.4. The highest BCUT2D eigenvalue weighted by molar-refractivity contribution is 5.65. The van der Waals surface area contributed by atoms with Crippen molar-refractivity contribution in [2.24, 2.45) is 0 Å². The highest BCUT2D eigenvalue weighted by Crippen LogP contribution is 2.33. The molecular formula is C21H22N2. The third-order valence-electron chi connectivity index (χ3n) is 4.77. The van der Waals surface area contributed by atoms with E-state index in [0.717, 1.165) is 30.8 Å². The summed E-state index contributed by atoms with van der Waals surface area (Å²) in [6.07, 6.45) is 1.13. The van der Waals surface area contributed by atoms with Crippen molar-refractivity contribution in [1.82, 2.24) is 4.90 Å². The number of hydrogen-bond acceptors (Lipinski definition) is 2. The minimum Gasteiger partial charge on any atom is -0.371 e. The predicted molar refractivity (Wildman–Crippen MR) is 95.0 cm³/mol. The number of benzene rings is 2. The zero-order valence-corrected chi connectivity index (χ0v) is 13.8. The second-order valence-corrected chi connectivity index (χ2v) is 6.43. The molecule has 1 unspecified atom stereocenters. The molecule has 116 valence electrons. The van der Waals surface area contributed by atoms with Gasteiger partial charge in [0.2, 0.25) is 0 Å². The third kappa shape index (κ3) is 3.14. The molecule has 0 aliphatic carbocycles. The van der Waals surface area contributed by atoms with Gasteiger partial charge in [-0.05, 0) is 43.5 Å². The minimum atomic E-state index is 0.519. The Hall–Kier alpha value is -2.53. The molecule has 0 amide bonds. The van der Waals surface area contributed by atoms with E-state index in [0.29, 0.717) is 5.92 Å². The van der Waals surface area contributed by atoms with Crippen LogP contribution in [0.25, 0.3) is 5.70 Å². The van der Waals surface area contributed by atoms with E-state index in [4.69, 9.17) is 5.26 Å². The SMILES string of the molecule is C=C(c1ccc(C)cc1C)N1CCC(c2ccc(C#N)cc2)C1. The molecule has 2 aromatic rings. The fourth-order valence-corrected chi connectivity index (χ4v) is 3.42. The van der Waals surface area contributed by atoms with Gasteiger partial charge in [-0.2, -0.15) is 5.26 Å². The van der Waals surface area contributed by atoms with Gasteiger partial charge in [0.1, 0.15) is 0 Å². The first kappa shape index (κ1) is 15.4. The molecule has 2 heteroatoms. The fraction of sp³-hybridized carbons (Fsp3) is 0.286. The maximum Gasteiger partial charge on any atom is 0.0991 e. The van der Waals surface area contributed by atoms with Crippen LogP contribution < -0.4 is 0 Å². The van der Waals surface area contributed by atoms with Crippen molar-refractivity contribution in [3.05, 3.63) is 76.9 Å². The number of nitrogens with zero attached hydrogens (tertiary/aromatic N) is 2. The molecule has 2 nitrogen and oxygen atoms in total. The molecule has 2 aromatic carbocycles. The van der Waals surface area contributed by atoms with E-state index >= 15 is 0 Å². The molecule has 23 heavy (non-hydrogen) atoms. The van der Waals surface area contributed by atoms with E-state index in [-0.39, 0.29) is 0 Å². The standard InChI is InChI=1S/C21H22N2/c1-15-4-9-21(16(2)12-15)17(3)23-11-10-20(14-23)19-7-5-18(13-22)6-8-19/h4-9,12,20H,3,10-11,14H2,1-2H3. The van der Waals surface area contributed by atoms with Crippen LogP contribution in [0.15, 0.2) is 49.0 Å². The highest BCUT2D eigenvalue weighted by atomic mass is 15.2. The first-order valence-corrected chi connectivity index (χ1v) is 8.10. The summed E-state index contributed by atoms with van der Waals surface area (Å²) in [5.41, 5.74) is 6.99. The summed E-state index contributed by atoms with van der Waals surface area (Å²) in [5.74, 6) is 0.519. The van der Waals surface area contributed by atoms with Crippen LogP contribution in [-0.2, 0) is 0 Å². The summed E-state index contributed by atoms with van der Waals surface area (Å²) in [6, 6.07) is 16.7. The Morgan fingerprint density at radius 1 is 1.17 bits per heavy atom. The van der Waals surface area contributed by atoms with Gasteiger partial charge in [0.05, 0.1) is 11.6 Å². The van der Waals surface area contributed by atoms with Crippen LogP contribution in [-0.4, -0.2) is 18.0 Å². The van der Waals surface area contributed by atoms with Gasteiger partial charge in [-0.15, -0.1) is 0 Å². The molecule has 1 heterocycles. The lowest BCUT2D eigenvalue weighted by molar-refractivity contribution is 0.486. The second kappa shape index (κ2) is 6.30. The van der Waals surface area contributed by atoms with Gasteiger partial charge >= 0.3 is 0 Å². The molecular weight excluding hydrogens is 280 g/mol. The fourth-order valence-electron chi connectivity index (χ4n) is 3.42. The first-order chi connectivity index (χ1) is 11.1. The highest BCUT2D eigenvalue weighted by Gasteiger charge is 2.25. The molecule has 0 spiro atoms. The monoisotopic (exact) mass is 302 g/mol. The lowest BCUT2D eigenvalue weighted by Gasteiger charge is -2.23. The molecule has 1 fully saturated rings. The maximum absolute atomic E-state index is 8.91. The summed E-state index contributed by atoms with van der Waals surface area (Å²) in [5, 5.41) is 8.91. The van der Waals surface area contributed by atoms with Gasteiger partial charge < -0.3 is 4.90 Å². The van der Waals surface area contributed by atoms with Crippen LogP contribution in [0.3, 0.4) is 0 Å². The van der Waals surface area contributed by atoms with Crippen molar-refractivity contribution in [3.8, 4) is 6.07 Å². The van der Waals surface area contributed by atoms with Crippen LogP contribution in [0.4, 0.5) is 0 Å². The van der Waals surface area contributed by atoms with Gasteiger partial charge in [-0.1, -0.05) is 42.5 Å². The Morgan fingerprint density at radius 2 is 1.91 bits per heavy atom. The van der Waals surface area contributed by atoms with E-state index in [2.05, 4.69) is 61.7 Å². The number of nitriles is 1. The molecule has 3 rings (SSSR count). The lowest BCUT2D eigenvalue weighted by atomic mass is 9.97. The van der Waals surface area contributed by atoms with Crippen LogP contribution in [0, 0.1) is 25.2 Å². The smallest absolute Gasteiger partial charge is 0.0991 e. The maximum atomic E-state index is 8.91. The van der Waals surface area contributed by atoms with Crippen molar-refractivity contribution in [2.45, 2.75) is 26.2 Å².